The van der Waals surface area contributed by atoms with Crippen molar-refractivity contribution in [2.45, 2.75) is 25.0 Å². The average molecular weight is 278 g/mol. The molecule has 6 heteroatoms. The van der Waals surface area contributed by atoms with Crippen LogP contribution in [-0.2, 0) is 9.59 Å². The molecule has 0 aromatic heterocycles. The smallest absolute Gasteiger partial charge is 0.243 e. The van der Waals surface area contributed by atoms with Gasteiger partial charge in [0.1, 0.15) is 18.5 Å². The maximum Gasteiger partial charge on any atom is 0.243 e. The molecule has 2 unspecified atom stereocenters. The van der Waals surface area contributed by atoms with Crippen LogP contribution in [0.4, 0.5) is 0 Å². The normalized spacial score (nSPS) is 20.4. The highest BCUT2D eigenvalue weighted by Crippen LogP contribution is 2.08. The van der Waals surface area contributed by atoms with Gasteiger partial charge in [0.2, 0.25) is 11.8 Å². The first-order valence-electron chi connectivity index (χ1n) is 6.58. The van der Waals surface area contributed by atoms with Crippen LogP contribution in [0.5, 0.6) is 5.75 Å². The minimum Gasteiger partial charge on any atom is -0.491 e. The van der Waals surface area contributed by atoms with E-state index in [1.807, 2.05) is 18.2 Å². The van der Waals surface area contributed by atoms with Crippen LogP contribution in [0.25, 0.3) is 0 Å². The van der Waals surface area contributed by atoms with Gasteiger partial charge in [0.05, 0.1) is 6.04 Å². The van der Waals surface area contributed by atoms with Gasteiger partial charge in [-0.05, 0) is 18.6 Å². The highest BCUT2D eigenvalue weighted by Gasteiger charge is 2.26. The quantitative estimate of drug-likeness (QED) is 0.628. The summed E-state index contributed by atoms with van der Waals surface area (Å²) in [5.74, 6) is 0.103. The van der Waals surface area contributed by atoms with Gasteiger partial charge in [-0.3, -0.25) is 14.9 Å². The zero-order valence-electron chi connectivity index (χ0n) is 11.0. The first-order chi connectivity index (χ1) is 9.65. The van der Waals surface area contributed by atoms with Crippen LogP contribution in [0.2, 0.25) is 0 Å². The summed E-state index contributed by atoms with van der Waals surface area (Å²) in [6.45, 7) is 0.378. The van der Waals surface area contributed by atoms with E-state index in [1.54, 1.807) is 12.1 Å². The Bertz CT molecular complexity index is 464. The number of ether oxygens (including phenoxy) is 1. The van der Waals surface area contributed by atoms with Gasteiger partial charge in [-0.1, -0.05) is 18.2 Å². The molecule has 0 radical (unpaired) electrons. The molecular formula is C14H18N2O4. The van der Waals surface area contributed by atoms with Crippen molar-refractivity contribution in [1.29, 1.82) is 0 Å². The van der Waals surface area contributed by atoms with E-state index in [-0.39, 0.29) is 25.0 Å². The van der Waals surface area contributed by atoms with Gasteiger partial charge in [0, 0.05) is 13.0 Å². The number of aliphatic hydroxyl groups excluding tert-OH is 1. The van der Waals surface area contributed by atoms with Gasteiger partial charge < -0.3 is 15.2 Å². The summed E-state index contributed by atoms with van der Waals surface area (Å²) in [4.78, 5) is 22.5. The third-order valence-corrected chi connectivity index (χ3v) is 3.02. The van der Waals surface area contributed by atoms with Gasteiger partial charge >= 0.3 is 0 Å². The second-order valence-electron chi connectivity index (χ2n) is 4.69. The van der Waals surface area contributed by atoms with Crippen LogP contribution < -0.4 is 15.4 Å². The Morgan fingerprint density at radius 2 is 2.10 bits per heavy atom. The first-order valence-corrected chi connectivity index (χ1v) is 6.58. The van der Waals surface area contributed by atoms with Crippen LogP contribution in [0, 0.1) is 0 Å². The number of aliphatic hydroxyl groups is 1. The number of carbonyl (C=O) groups is 2. The SMILES string of the molecule is O=C1CCC(NCC(O)COc2ccccc2)C(=O)N1. The lowest BCUT2D eigenvalue weighted by Gasteiger charge is -2.23. The average Bonchev–Trinajstić information content (AvgIpc) is 2.45. The van der Waals surface area contributed by atoms with E-state index in [0.717, 1.165) is 0 Å². The molecular weight excluding hydrogens is 260 g/mol. The standard InChI is InChI=1S/C14H18N2O4/c17-10(9-20-11-4-2-1-3-5-11)8-15-12-6-7-13(18)16-14(12)19/h1-5,10,12,15,17H,6-9H2,(H,16,18,19). The van der Waals surface area contributed by atoms with Crippen molar-refractivity contribution in [3.8, 4) is 5.75 Å². The Kier molecular flexibility index (Phi) is 5.09. The monoisotopic (exact) mass is 278 g/mol. The highest BCUT2D eigenvalue weighted by molar-refractivity contribution is 6.00. The van der Waals surface area contributed by atoms with Crippen molar-refractivity contribution in [3.63, 3.8) is 0 Å². The zero-order chi connectivity index (χ0) is 14.4. The molecule has 3 N–H and O–H groups in total. The minimum atomic E-state index is -0.722. The molecule has 108 valence electrons. The largest absolute Gasteiger partial charge is 0.491 e. The van der Waals surface area contributed by atoms with Crippen molar-refractivity contribution in [3.05, 3.63) is 30.3 Å². The third kappa shape index (κ3) is 4.32. The number of hydrogen-bond donors (Lipinski definition) is 3. The topological polar surface area (TPSA) is 87.7 Å². The number of para-hydroxylation sites is 1. The van der Waals surface area contributed by atoms with Crippen LogP contribution in [-0.4, -0.2) is 42.2 Å². The number of imide groups is 1. The summed E-state index contributed by atoms with van der Waals surface area (Å²) in [6, 6.07) is 8.76. The molecule has 6 nitrogen and oxygen atoms in total. The molecule has 1 heterocycles. The minimum absolute atomic E-state index is 0.143. The third-order valence-electron chi connectivity index (χ3n) is 3.02. The van der Waals surface area contributed by atoms with E-state index < -0.39 is 12.1 Å². The lowest BCUT2D eigenvalue weighted by Crippen LogP contribution is -2.52. The fraction of sp³-hybridized carbons (Fsp3) is 0.429. The number of benzene rings is 1. The summed E-state index contributed by atoms with van der Waals surface area (Å²) >= 11 is 0. The van der Waals surface area contributed by atoms with E-state index in [2.05, 4.69) is 10.6 Å². The van der Waals surface area contributed by atoms with Gasteiger partial charge in [-0.15, -0.1) is 0 Å². The number of rotatable bonds is 6. The van der Waals surface area contributed by atoms with E-state index in [4.69, 9.17) is 4.74 Å². The summed E-state index contributed by atoms with van der Waals surface area (Å²) in [5.41, 5.74) is 0. The summed E-state index contributed by atoms with van der Waals surface area (Å²) < 4.78 is 5.41. The lowest BCUT2D eigenvalue weighted by atomic mass is 10.1. The molecule has 0 bridgehead atoms. The van der Waals surface area contributed by atoms with Crippen molar-refractivity contribution < 1.29 is 19.4 Å². The summed E-state index contributed by atoms with van der Waals surface area (Å²) in [7, 11) is 0. The maximum absolute atomic E-state index is 11.5. The summed E-state index contributed by atoms with van der Waals surface area (Å²) in [6.07, 6.45) is 0.0531. The first kappa shape index (κ1) is 14.5. The Morgan fingerprint density at radius 3 is 2.80 bits per heavy atom. The predicted octanol–water partition coefficient (Wildman–Crippen LogP) is -0.179. The van der Waals surface area contributed by atoms with Gasteiger partial charge in [-0.25, -0.2) is 0 Å². The van der Waals surface area contributed by atoms with Gasteiger partial charge in [0.15, 0.2) is 0 Å². The molecule has 20 heavy (non-hydrogen) atoms. The van der Waals surface area contributed by atoms with E-state index in [1.165, 1.54) is 0 Å². The number of hydrogen-bond acceptors (Lipinski definition) is 5. The molecule has 1 aromatic carbocycles. The molecule has 0 spiro atoms. The molecule has 1 saturated heterocycles. The maximum atomic E-state index is 11.5. The number of piperidine rings is 1. The molecule has 2 amide bonds. The Morgan fingerprint density at radius 1 is 1.35 bits per heavy atom. The molecule has 2 atom stereocenters. The van der Waals surface area contributed by atoms with Crippen LogP contribution in [0.3, 0.4) is 0 Å². The number of nitrogens with one attached hydrogen (secondary N) is 2. The van der Waals surface area contributed by atoms with Crippen molar-refractivity contribution in [2.75, 3.05) is 13.2 Å². The molecule has 1 aromatic rings. The van der Waals surface area contributed by atoms with Crippen LogP contribution >= 0.6 is 0 Å². The second kappa shape index (κ2) is 7.02. The molecule has 1 aliphatic rings. The number of amides is 2. The zero-order valence-corrected chi connectivity index (χ0v) is 11.0. The van der Waals surface area contributed by atoms with E-state index in [9.17, 15) is 14.7 Å². The second-order valence-corrected chi connectivity index (χ2v) is 4.69. The van der Waals surface area contributed by atoms with Gasteiger partial charge in [-0.2, -0.15) is 0 Å². The fourth-order valence-corrected chi connectivity index (χ4v) is 1.93. The number of carbonyl (C=O) groups excluding carboxylic acids is 2. The fourth-order valence-electron chi connectivity index (χ4n) is 1.93. The van der Waals surface area contributed by atoms with E-state index in [0.29, 0.717) is 18.6 Å². The van der Waals surface area contributed by atoms with Crippen LogP contribution in [0.1, 0.15) is 12.8 Å². The molecule has 0 aliphatic carbocycles. The molecule has 0 saturated carbocycles. The highest BCUT2D eigenvalue weighted by atomic mass is 16.5. The van der Waals surface area contributed by atoms with Crippen molar-refractivity contribution in [2.24, 2.45) is 0 Å². The molecule has 1 aliphatic heterocycles. The van der Waals surface area contributed by atoms with Crippen LogP contribution in [0.15, 0.2) is 30.3 Å². The Hall–Kier alpha value is -1.92. The molecule has 2 rings (SSSR count). The summed E-state index contributed by atoms with van der Waals surface area (Å²) in [5, 5.41) is 15.0. The van der Waals surface area contributed by atoms with Crippen molar-refractivity contribution >= 4 is 11.8 Å². The molecule has 1 fully saturated rings. The Balaban J connectivity index is 1.68. The Labute approximate surface area is 117 Å². The van der Waals surface area contributed by atoms with Gasteiger partial charge in [0.25, 0.3) is 0 Å². The lowest BCUT2D eigenvalue weighted by molar-refractivity contribution is -0.134. The predicted molar refractivity (Wildman–Crippen MR) is 72.1 cm³/mol. The van der Waals surface area contributed by atoms with E-state index >= 15 is 0 Å². The van der Waals surface area contributed by atoms with Crippen molar-refractivity contribution in [1.82, 2.24) is 10.6 Å².